The molecule has 0 fully saturated rings. The Morgan fingerprint density at radius 2 is 1.04 bits per heavy atom. The van der Waals surface area contributed by atoms with Crippen LogP contribution in [0, 0.1) is 12.3 Å². The van der Waals surface area contributed by atoms with Gasteiger partial charge in [0.1, 0.15) is 0 Å². The van der Waals surface area contributed by atoms with Gasteiger partial charge in [-0.2, -0.15) is 0 Å². The fourth-order valence-electron chi connectivity index (χ4n) is 4.02. The SMILES string of the molecule is Cc1cccc(C(C)C)c1-n1ccn(-c2c(C(C)C)cccc2C(C)C)c1=N. The van der Waals surface area contributed by atoms with Gasteiger partial charge < -0.3 is 0 Å². The minimum Gasteiger partial charge on any atom is -0.286 e. The van der Waals surface area contributed by atoms with Crippen molar-refractivity contribution < 1.29 is 0 Å². The van der Waals surface area contributed by atoms with Crippen molar-refractivity contribution in [2.24, 2.45) is 0 Å². The lowest BCUT2D eigenvalue weighted by Crippen LogP contribution is -2.25. The molecule has 0 radical (unpaired) electrons. The number of aryl methyl sites for hydroxylation is 1. The highest BCUT2D eigenvalue weighted by Gasteiger charge is 2.19. The van der Waals surface area contributed by atoms with E-state index in [1.54, 1.807) is 0 Å². The van der Waals surface area contributed by atoms with Crippen LogP contribution in [-0.4, -0.2) is 9.13 Å². The molecular weight excluding hydrogens is 342 g/mol. The van der Waals surface area contributed by atoms with Crippen LogP contribution in [0.4, 0.5) is 0 Å². The molecule has 0 unspecified atom stereocenters. The lowest BCUT2D eigenvalue weighted by atomic mass is 9.92. The Kier molecular flexibility index (Phi) is 5.64. The number of hydrogen-bond acceptors (Lipinski definition) is 1. The van der Waals surface area contributed by atoms with Crippen LogP contribution in [0.2, 0.25) is 0 Å². The van der Waals surface area contributed by atoms with Crippen LogP contribution in [-0.2, 0) is 0 Å². The molecule has 3 rings (SSSR count). The van der Waals surface area contributed by atoms with Gasteiger partial charge in [0.15, 0.2) is 0 Å². The van der Waals surface area contributed by atoms with Gasteiger partial charge >= 0.3 is 0 Å². The summed E-state index contributed by atoms with van der Waals surface area (Å²) in [6, 6.07) is 13.0. The van der Waals surface area contributed by atoms with Gasteiger partial charge in [-0.15, -0.1) is 0 Å². The first-order valence-corrected chi connectivity index (χ1v) is 10.3. The van der Waals surface area contributed by atoms with E-state index in [1.165, 1.54) is 22.3 Å². The van der Waals surface area contributed by atoms with Crippen molar-refractivity contribution in [1.82, 2.24) is 9.13 Å². The standard InChI is InChI=1S/C25H33N3/c1-16(2)20-11-8-10-19(7)23(20)27-14-15-28(25(27)26)24-21(17(3)4)12-9-13-22(24)18(5)6/h8-18,26H,1-7H3. The normalized spacial score (nSPS) is 11.8. The van der Waals surface area contributed by atoms with Gasteiger partial charge in [0, 0.05) is 12.4 Å². The Morgan fingerprint density at radius 1 is 0.643 bits per heavy atom. The van der Waals surface area contributed by atoms with Gasteiger partial charge in [-0.25, -0.2) is 0 Å². The molecule has 0 saturated carbocycles. The van der Waals surface area contributed by atoms with E-state index in [1.807, 2.05) is 17.0 Å². The second-order valence-electron chi connectivity index (χ2n) is 8.62. The van der Waals surface area contributed by atoms with E-state index in [9.17, 15) is 0 Å². The molecular formula is C25H33N3. The zero-order valence-corrected chi connectivity index (χ0v) is 18.2. The predicted octanol–water partition coefficient (Wildman–Crippen LogP) is 6.43. The molecule has 0 aliphatic carbocycles. The molecule has 1 heterocycles. The Balaban J connectivity index is 2.30. The third-order valence-corrected chi connectivity index (χ3v) is 5.54. The highest BCUT2D eigenvalue weighted by molar-refractivity contribution is 5.53. The molecule has 1 N–H and O–H groups in total. The maximum absolute atomic E-state index is 9.04. The van der Waals surface area contributed by atoms with Crippen molar-refractivity contribution in [3.63, 3.8) is 0 Å². The summed E-state index contributed by atoms with van der Waals surface area (Å²) in [7, 11) is 0. The number of nitrogens with zero attached hydrogens (tertiary/aromatic N) is 2. The van der Waals surface area contributed by atoms with E-state index in [2.05, 4.69) is 89.4 Å². The third-order valence-electron chi connectivity index (χ3n) is 5.54. The number of benzene rings is 2. The summed E-state index contributed by atoms with van der Waals surface area (Å²) in [4.78, 5) is 0. The average molecular weight is 376 g/mol. The molecule has 28 heavy (non-hydrogen) atoms. The van der Waals surface area contributed by atoms with Gasteiger partial charge in [0.2, 0.25) is 5.62 Å². The maximum Gasteiger partial charge on any atom is 0.211 e. The summed E-state index contributed by atoms with van der Waals surface area (Å²) in [5.41, 5.74) is 7.84. The van der Waals surface area contributed by atoms with Crippen molar-refractivity contribution >= 4 is 0 Å². The van der Waals surface area contributed by atoms with Crippen molar-refractivity contribution in [2.45, 2.75) is 66.2 Å². The molecule has 3 aromatic rings. The second kappa shape index (κ2) is 7.83. The van der Waals surface area contributed by atoms with Crippen LogP contribution in [0.1, 0.15) is 81.5 Å². The van der Waals surface area contributed by atoms with E-state index < -0.39 is 0 Å². The monoisotopic (exact) mass is 375 g/mol. The molecule has 3 nitrogen and oxygen atoms in total. The summed E-state index contributed by atoms with van der Waals surface area (Å²) in [5.74, 6) is 1.20. The number of aromatic nitrogens is 2. The quantitative estimate of drug-likeness (QED) is 0.533. The largest absolute Gasteiger partial charge is 0.286 e. The van der Waals surface area contributed by atoms with Gasteiger partial charge in [-0.1, -0.05) is 77.9 Å². The molecule has 0 saturated heterocycles. The lowest BCUT2D eigenvalue weighted by Gasteiger charge is -2.20. The summed E-state index contributed by atoms with van der Waals surface area (Å²) < 4.78 is 4.09. The van der Waals surface area contributed by atoms with Crippen LogP contribution in [0.15, 0.2) is 48.8 Å². The molecule has 1 aromatic heterocycles. The zero-order chi connectivity index (χ0) is 20.6. The molecule has 0 bridgehead atoms. The van der Waals surface area contributed by atoms with E-state index in [-0.39, 0.29) is 0 Å². The number of imidazole rings is 1. The molecule has 0 atom stereocenters. The van der Waals surface area contributed by atoms with Crippen LogP contribution < -0.4 is 5.62 Å². The van der Waals surface area contributed by atoms with E-state index in [0.717, 1.165) is 11.4 Å². The Bertz CT molecular complexity index is 1010. The predicted molar refractivity (Wildman–Crippen MR) is 118 cm³/mol. The average Bonchev–Trinajstić information content (AvgIpc) is 3.01. The highest BCUT2D eigenvalue weighted by atomic mass is 15.2. The number of nitrogens with one attached hydrogen (secondary N) is 1. The molecule has 0 amide bonds. The maximum atomic E-state index is 9.04. The smallest absolute Gasteiger partial charge is 0.211 e. The number of rotatable bonds is 5. The summed E-state index contributed by atoms with van der Waals surface area (Å²) in [6.45, 7) is 15.5. The van der Waals surface area contributed by atoms with Gasteiger partial charge in [0.05, 0.1) is 11.4 Å². The van der Waals surface area contributed by atoms with Crippen molar-refractivity contribution in [1.29, 1.82) is 5.41 Å². The molecule has 0 spiro atoms. The number of para-hydroxylation sites is 2. The number of hydrogen-bond donors (Lipinski definition) is 1. The van der Waals surface area contributed by atoms with E-state index >= 15 is 0 Å². The topological polar surface area (TPSA) is 33.7 Å². The fraction of sp³-hybridized carbons (Fsp3) is 0.400. The van der Waals surface area contributed by atoms with Crippen molar-refractivity contribution in [3.05, 3.63) is 76.7 Å². The first kappa shape index (κ1) is 20.2. The molecule has 2 aromatic carbocycles. The Hall–Kier alpha value is -2.55. The van der Waals surface area contributed by atoms with Crippen molar-refractivity contribution in [2.75, 3.05) is 0 Å². The van der Waals surface area contributed by atoms with E-state index in [4.69, 9.17) is 5.41 Å². The summed E-state index contributed by atoms with van der Waals surface area (Å²) in [5, 5.41) is 9.04. The summed E-state index contributed by atoms with van der Waals surface area (Å²) >= 11 is 0. The zero-order valence-electron chi connectivity index (χ0n) is 18.2. The third kappa shape index (κ3) is 3.46. The molecule has 0 aliphatic rings. The molecule has 0 aliphatic heterocycles. The summed E-state index contributed by atoms with van der Waals surface area (Å²) in [6.07, 6.45) is 4.09. The second-order valence-corrected chi connectivity index (χ2v) is 8.62. The lowest BCUT2D eigenvalue weighted by molar-refractivity contribution is 0.762. The highest BCUT2D eigenvalue weighted by Crippen LogP contribution is 2.31. The first-order chi connectivity index (χ1) is 13.2. The van der Waals surface area contributed by atoms with Crippen LogP contribution in [0.3, 0.4) is 0 Å². The van der Waals surface area contributed by atoms with Crippen molar-refractivity contribution in [3.8, 4) is 11.4 Å². The van der Waals surface area contributed by atoms with E-state index in [0.29, 0.717) is 23.4 Å². The van der Waals surface area contributed by atoms with Gasteiger partial charge in [-0.05, 0) is 46.9 Å². The fourth-order valence-corrected chi connectivity index (χ4v) is 4.02. The first-order valence-electron chi connectivity index (χ1n) is 10.3. The molecule has 3 heteroatoms. The minimum absolute atomic E-state index is 0.397. The van der Waals surface area contributed by atoms with Crippen LogP contribution in [0.5, 0.6) is 0 Å². The van der Waals surface area contributed by atoms with Crippen LogP contribution >= 0.6 is 0 Å². The minimum atomic E-state index is 0.397. The Morgan fingerprint density at radius 3 is 1.50 bits per heavy atom. The Labute approximate surface area is 169 Å². The molecule has 148 valence electrons. The van der Waals surface area contributed by atoms with Gasteiger partial charge in [0.25, 0.3) is 0 Å². The van der Waals surface area contributed by atoms with Crippen LogP contribution in [0.25, 0.3) is 11.4 Å². The van der Waals surface area contributed by atoms with Gasteiger partial charge in [-0.3, -0.25) is 14.5 Å².